The van der Waals surface area contributed by atoms with Crippen molar-refractivity contribution in [1.82, 2.24) is 0 Å². The molecule has 0 aliphatic heterocycles. The standard InChI is InChI=1S/C14H20O/c1-11-3-4-12-5-6-14(2,7-8-15)10-13(12)9-11/h3-4,9,15H,5-8,10H2,1-2H3. The Labute approximate surface area is 92.1 Å². The van der Waals surface area contributed by atoms with Gasteiger partial charge in [-0.1, -0.05) is 30.7 Å². The van der Waals surface area contributed by atoms with E-state index in [2.05, 4.69) is 32.0 Å². The highest BCUT2D eigenvalue weighted by molar-refractivity contribution is 5.34. The van der Waals surface area contributed by atoms with Crippen molar-refractivity contribution >= 4 is 0 Å². The van der Waals surface area contributed by atoms with Crippen molar-refractivity contribution in [3.8, 4) is 0 Å². The molecule has 0 saturated heterocycles. The number of fused-ring (bicyclic) bond motifs is 1. The molecular formula is C14H20O. The van der Waals surface area contributed by atoms with E-state index in [-0.39, 0.29) is 0 Å². The van der Waals surface area contributed by atoms with Crippen LogP contribution in [0.5, 0.6) is 0 Å². The number of hydrogen-bond acceptors (Lipinski definition) is 1. The maximum absolute atomic E-state index is 9.09. The predicted octanol–water partition coefficient (Wildman–Crippen LogP) is 2.87. The van der Waals surface area contributed by atoms with E-state index in [1.165, 1.54) is 29.5 Å². The minimum absolute atomic E-state index is 0.315. The summed E-state index contributed by atoms with van der Waals surface area (Å²) in [6.07, 6.45) is 4.45. The van der Waals surface area contributed by atoms with Crippen LogP contribution in [0.15, 0.2) is 18.2 Å². The first-order chi connectivity index (χ1) is 7.13. The van der Waals surface area contributed by atoms with Gasteiger partial charge >= 0.3 is 0 Å². The molecule has 1 atom stereocenters. The summed E-state index contributed by atoms with van der Waals surface area (Å²) in [5, 5.41) is 9.09. The largest absolute Gasteiger partial charge is 0.396 e. The van der Waals surface area contributed by atoms with E-state index in [1.54, 1.807) is 0 Å². The molecule has 0 amide bonds. The van der Waals surface area contributed by atoms with Gasteiger partial charge < -0.3 is 5.11 Å². The third kappa shape index (κ3) is 2.23. The minimum Gasteiger partial charge on any atom is -0.396 e. The zero-order chi connectivity index (χ0) is 10.9. The Hall–Kier alpha value is -0.820. The zero-order valence-corrected chi connectivity index (χ0v) is 9.71. The summed E-state index contributed by atoms with van der Waals surface area (Å²) in [4.78, 5) is 0. The van der Waals surface area contributed by atoms with Crippen molar-refractivity contribution in [2.45, 2.75) is 39.5 Å². The highest BCUT2D eigenvalue weighted by Crippen LogP contribution is 2.37. The predicted molar refractivity (Wildman–Crippen MR) is 63.0 cm³/mol. The lowest BCUT2D eigenvalue weighted by Gasteiger charge is -2.34. The fourth-order valence-corrected chi connectivity index (χ4v) is 2.63. The monoisotopic (exact) mass is 204 g/mol. The highest BCUT2D eigenvalue weighted by Gasteiger charge is 2.28. The Balaban J connectivity index is 2.25. The Morgan fingerprint density at radius 3 is 2.87 bits per heavy atom. The van der Waals surface area contributed by atoms with E-state index in [4.69, 9.17) is 5.11 Å². The molecule has 0 saturated carbocycles. The molecule has 1 aromatic rings. The molecule has 2 rings (SSSR count). The van der Waals surface area contributed by atoms with Crippen LogP contribution >= 0.6 is 0 Å². The van der Waals surface area contributed by atoms with E-state index < -0.39 is 0 Å². The van der Waals surface area contributed by atoms with Gasteiger partial charge in [0.25, 0.3) is 0 Å². The number of rotatable bonds is 2. The van der Waals surface area contributed by atoms with Crippen LogP contribution in [-0.4, -0.2) is 11.7 Å². The summed E-state index contributed by atoms with van der Waals surface area (Å²) in [7, 11) is 0. The van der Waals surface area contributed by atoms with E-state index in [1.807, 2.05) is 0 Å². The van der Waals surface area contributed by atoms with Crippen LogP contribution in [0.1, 0.15) is 36.5 Å². The number of benzene rings is 1. The van der Waals surface area contributed by atoms with Gasteiger partial charge in [0.2, 0.25) is 0 Å². The average Bonchev–Trinajstić information content (AvgIpc) is 2.17. The van der Waals surface area contributed by atoms with Crippen molar-refractivity contribution < 1.29 is 5.11 Å². The van der Waals surface area contributed by atoms with Gasteiger partial charge in [0.05, 0.1) is 0 Å². The van der Waals surface area contributed by atoms with Gasteiger partial charge in [0.1, 0.15) is 0 Å². The quantitative estimate of drug-likeness (QED) is 0.785. The molecule has 1 aliphatic carbocycles. The van der Waals surface area contributed by atoms with Gasteiger partial charge in [0.15, 0.2) is 0 Å². The van der Waals surface area contributed by atoms with Crippen LogP contribution in [-0.2, 0) is 12.8 Å². The number of aryl methyl sites for hydroxylation is 2. The fourth-order valence-electron chi connectivity index (χ4n) is 2.63. The fraction of sp³-hybridized carbons (Fsp3) is 0.571. The van der Waals surface area contributed by atoms with Crippen molar-refractivity contribution in [2.24, 2.45) is 5.41 Å². The lowest BCUT2D eigenvalue weighted by molar-refractivity contribution is 0.178. The van der Waals surface area contributed by atoms with Crippen LogP contribution < -0.4 is 0 Å². The van der Waals surface area contributed by atoms with E-state index in [0.717, 1.165) is 12.8 Å². The second kappa shape index (κ2) is 3.97. The van der Waals surface area contributed by atoms with Gasteiger partial charge in [-0.3, -0.25) is 0 Å². The summed E-state index contributed by atoms with van der Waals surface area (Å²) in [6, 6.07) is 6.78. The van der Waals surface area contributed by atoms with Crippen molar-refractivity contribution in [3.63, 3.8) is 0 Å². The second-order valence-corrected chi connectivity index (χ2v) is 5.23. The first kappa shape index (κ1) is 10.7. The molecule has 1 aromatic carbocycles. The van der Waals surface area contributed by atoms with Gasteiger partial charge in [-0.05, 0) is 49.1 Å². The summed E-state index contributed by atoms with van der Waals surface area (Å²) < 4.78 is 0. The molecule has 1 N–H and O–H groups in total. The van der Waals surface area contributed by atoms with Crippen molar-refractivity contribution in [2.75, 3.05) is 6.61 Å². The number of aliphatic hydroxyl groups excluding tert-OH is 1. The molecule has 1 nitrogen and oxygen atoms in total. The molecule has 82 valence electrons. The molecule has 1 heteroatoms. The van der Waals surface area contributed by atoms with Crippen molar-refractivity contribution in [1.29, 1.82) is 0 Å². The van der Waals surface area contributed by atoms with Crippen LogP contribution in [0.25, 0.3) is 0 Å². The second-order valence-electron chi connectivity index (χ2n) is 5.23. The van der Waals surface area contributed by atoms with Gasteiger partial charge in [-0.2, -0.15) is 0 Å². The molecule has 1 unspecified atom stereocenters. The molecule has 0 heterocycles. The summed E-state index contributed by atoms with van der Waals surface area (Å²) in [6.45, 7) is 4.77. The van der Waals surface area contributed by atoms with Crippen LogP contribution in [0, 0.1) is 12.3 Å². The highest BCUT2D eigenvalue weighted by atomic mass is 16.3. The molecule has 15 heavy (non-hydrogen) atoms. The lowest BCUT2D eigenvalue weighted by Crippen LogP contribution is -2.26. The van der Waals surface area contributed by atoms with Gasteiger partial charge in [0, 0.05) is 6.61 Å². The van der Waals surface area contributed by atoms with Gasteiger partial charge in [-0.15, -0.1) is 0 Å². The maximum Gasteiger partial charge on any atom is 0.0436 e. The van der Waals surface area contributed by atoms with Crippen LogP contribution in [0.4, 0.5) is 0 Å². The number of hydrogen-bond donors (Lipinski definition) is 1. The molecule has 0 bridgehead atoms. The first-order valence-electron chi connectivity index (χ1n) is 5.82. The molecule has 0 radical (unpaired) electrons. The molecule has 1 aliphatic rings. The summed E-state index contributed by atoms with van der Waals surface area (Å²) in [5.74, 6) is 0. The average molecular weight is 204 g/mol. The Kier molecular flexibility index (Phi) is 2.83. The van der Waals surface area contributed by atoms with Gasteiger partial charge in [-0.25, -0.2) is 0 Å². The van der Waals surface area contributed by atoms with Crippen LogP contribution in [0.3, 0.4) is 0 Å². The lowest BCUT2D eigenvalue weighted by atomic mass is 9.71. The molecule has 0 fully saturated rings. The third-order valence-corrected chi connectivity index (χ3v) is 3.69. The molecular weight excluding hydrogens is 184 g/mol. The normalized spacial score (nSPS) is 25.0. The summed E-state index contributed by atoms with van der Waals surface area (Å²) >= 11 is 0. The Morgan fingerprint density at radius 2 is 2.13 bits per heavy atom. The maximum atomic E-state index is 9.09. The van der Waals surface area contributed by atoms with Crippen molar-refractivity contribution in [3.05, 3.63) is 34.9 Å². The van der Waals surface area contributed by atoms with Crippen LogP contribution in [0.2, 0.25) is 0 Å². The summed E-state index contributed by atoms with van der Waals surface area (Å²) in [5.41, 5.74) is 4.67. The first-order valence-corrected chi connectivity index (χ1v) is 5.82. The Bertz CT molecular complexity index is 356. The molecule has 0 aromatic heterocycles. The van der Waals surface area contributed by atoms with E-state index in [0.29, 0.717) is 12.0 Å². The van der Waals surface area contributed by atoms with E-state index in [9.17, 15) is 0 Å². The molecule has 0 spiro atoms. The SMILES string of the molecule is Cc1ccc2c(c1)CC(C)(CCO)CC2. The Morgan fingerprint density at radius 1 is 1.33 bits per heavy atom. The number of aliphatic hydroxyl groups is 1. The minimum atomic E-state index is 0.315. The topological polar surface area (TPSA) is 20.2 Å². The third-order valence-electron chi connectivity index (χ3n) is 3.69. The van der Waals surface area contributed by atoms with E-state index >= 15 is 0 Å². The smallest absolute Gasteiger partial charge is 0.0436 e. The zero-order valence-electron chi connectivity index (χ0n) is 9.71.